The Morgan fingerprint density at radius 2 is 2.00 bits per heavy atom. The fourth-order valence-corrected chi connectivity index (χ4v) is 3.19. The largest absolute Gasteiger partial charge is 0.508 e. The average molecular weight is 188 g/mol. The van der Waals surface area contributed by atoms with Crippen LogP contribution in [0, 0.1) is 6.92 Å². The van der Waals surface area contributed by atoms with Crippen molar-refractivity contribution in [2.45, 2.75) is 44.4 Å². The Morgan fingerprint density at radius 3 is 2.71 bits per heavy atom. The van der Waals surface area contributed by atoms with Gasteiger partial charge in [0.15, 0.2) is 0 Å². The third-order valence-corrected chi connectivity index (χ3v) is 3.89. The first-order chi connectivity index (χ1) is 6.71. The van der Waals surface area contributed by atoms with Crippen LogP contribution >= 0.6 is 0 Å². The van der Waals surface area contributed by atoms with Crippen molar-refractivity contribution in [2.24, 2.45) is 0 Å². The van der Waals surface area contributed by atoms with Gasteiger partial charge in [-0.2, -0.15) is 0 Å². The molecule has 74 valence electrons. The van der Waals surface area contributed by atoms with Gasteiger partial charge >= 0.3 is 0 Å². The van der Waals surface area contributed by atoms with Crippen molar-refractivity contribution in [3.8, 4) is 5.75 Å². The molecule has 0 heterocycles. The number of hydrogen-bond donors (Lipinski definition) is 1. The van der Waals surface area contributed by atoms with Crippen molar-refractivity contribution < 1.29 is 5.11 Å². The molecule has 1 fully saturated rings. The summed E-state index contributed by atoms with van der Waals surface area (Å²) in [5.74, 6) is 0.443. The van der Waals surface area contributed by atoms with E-state index < -0.39 is 0 Å². The second-order valence-corrected chi connectivity index (χ2v) is 4.93. The monoisotopic (exact) mass is 188 g/mol. The lowest BCUT2D eigenvalue weighted by Crippen LogP contribution is -2.17. The molecular weight excluding hydrogens is 172 g/mol. The van der Waals surface area contributed by atoms with E-state index in [4.69, 9.17) is 0 Å². The predicted octanol–water partition coefficient (Wildman–Crippen LogP) is 3.07. The number of benzene rings is 1. The normalized spacial score (nSPS) is 22.1. The number of phenols is 1. The number of aryl methyl sites for hydroxylation is 2. The van der Waals surface area contributed by atoms with Crippen molar-refractivity contribution >= 4 is 0 Å². The van der Waals surface area contributed by atoms with E-state index in [1.54, 1.807) is 5.56 Å². The quantitative estimate of drug-likeness (QED) is 0.663. The lowest BCUT2D eigenvalue weighted by atomic mass is 9.78. The van der Waals surface area contributed by atoms with Gasteiger partial charge in [0.2, 0.25) is 0 Å². The number of hydrogen-bond acceptors (Lipinski definition) is 1. The van der Waals surface area contributed by atoms with Crippen molar-refractivity contribution in [3.63, 3.8) is 0 Å². The summed E-state index contributed by atoms with van der Waals surface area (Å²) in [6, 6.07) is 3.89. The Bertz CT molecular complexity index is 388. The Kier molecular flexibility index (Phi) is 1.51. The standard InChI is InChI=1S/C13H16O/c1-9-7-11(14)8-10-3-2-4-13(5-6-13)12(9)10/h7-8,14H,2-6H2,1H3. The molecular formula is C13H16O. The van der Waals surface area contributed by atoms with E-state index in [1.807, 2.05) is 12.1 Å². The maximum atomic E-state index is 9.56. The second-order valence-electron chi connectivity index (χ2n) is 4.93. The van der Waals surface area contributed by atoms with E-state index in [9.17, 15) is 5.11 Å². The summed E-state index contributed by atoms with van der Waals surface area (Å²) in [7, 11) is 0. The Labute approximate surface area is 84.8 Å². The zero-order chi connectivity index (χ0) is 9.76. The maximum absolute atomic E-state index is 9.56. The van der Waals surface area contributed by atoms with Gasteiger partial charge in [0.05, 0.1) is 0 Å². The van der Waals surface area contributed by atoms with Crippen LogP contribution in [0.15, 0.2) is 12.1 Å². The topological polar surface area (TPSA) is 20.2 Å². The zero-order valence-corrected chi connectivity index (χ0v) is 8.64. The van der Waals surface area contributed by atoms with Gasteiger partial charge in [-0.15, -0.1) is 0 Å². The van der Waals surface area contributed by atoms with Crippen LogP contribution in [-0.2, 0) is 11.8 Å². The molecule has 1 saturated carbocycles. The molecule has 0 unspecified atom stereocenters. The van der Waals surface area contributed by atoms with Crippen LogP contribution in [0.2, 0.25) is 0 Å². The molecule has 1 N–H and O–H groups in total. The second kappa shape index (κ2) is 2.53. The van der Waals surface area contributed by atoms with Crippen molar-refractivity contribution in [3.05, 3.63) is 28.8 Å². The molecule has 0 saturated heterocycles. The van der Waals surface area contributed by atoms with Crippen LogP contribution in [0.5, 0.6) is 5.75 Å². The van der Waals surface area contributed by atoms with E-state index in [0.717, 1.165) is 6.42 Å². The van der Waals surface area contributed by atoms with E-state index in [1.165, 1.54) is 36.8 Å². The van der Waals surface area contributed by atoms with Gasteiger partial charge < -0.3 is 5.11 Å². The molecule has 0 amide bonds. The van der Waals surface area contributed by atoms with Gasteiger partial charge in [0.1, 0.15) is 5.75 Å². The van der Waals surface area contributed by atoms with Gasteiger partial charge in [0.25, 0.3) is 0 Å². The molecule has 0 aromatic heterocycles. The van der Waals surface area contributed by atoms with Crippen LogP contribution < -0.4 is 0 Å². The fraction of sp³-hybridized carbons (Fsp3) is 0.538. The van der Waals surface area contributed by atoms with Gasteiger partial charge in [-0.3, -0.25) is 0 Å². The summed E-state index contributed by atoms with van der Waals surface area (Å²) < 4.78 is 0. The molecule has 14 heavy (non-hydrogen) atoms. The molecule has 1 spiro atoms. The van der Waals surface area contributed by atoms with Crippen molar-refractivity contribution in [2.75, 3.05) is 0 Å². The molecule has 0 bridgehead atoms. The van der Waals surface area contributed by atoms with E-state index >= 15 is 0 Å². The summed E-state index contributed by atoms with van der Waals surface area (Å²) in [6.45, 7) is 2.14. The summed E-state index contributed by atoms with van der Waals surface area (Å²) >= 11 is 0. The van der Waals surface area contributed by atoms with Gasteiger partial charge in [-0.25, -0.2) is 0 Å². The third kappa shape index (κ3) is 1.01. The van der Waals surface area contributed by atoms with Gasteiger partial charge in [-0.05, 0) is 73.3 Å². The van der Waals surface area contributed by atoms with Crippen LogP contribution in [-0.4, -0.2) is 5.11 Å². The molecule has 0 atom stereocenters. The molecule has 1 aromatic rings. The van der Waals surface area contributed by atoms with Crippen molar-refractivity contribution in [1.29, 1.82) is 0 Å². The minimum absolute atomic E-state index is 0.443. The van der Waals surface area contributed by atoms with E-state index in [2.05, 4.69) is 6.92 Å². The molecule has 1 heteroatoms. The third-order valence-electron chi connectivity index (χ3n) is 3.89. The van der Waals surface area contributed by atoms with Crippen LogP contribution in [0.25, 0.3) is 0 Å². The summed E-state index contributed by atoms with van der Waals surface area (Å²) in [4.78, 5) is 0. The molecule has 0 aliphatic heterocycles. The SMILES string of the molecule is Cc1cc(O)cc2c1C1(CCC2)CC1. The molecule has 2 aliphatic rings. The summed E-state index contributed by atoms with van der Waals surface area (Å²) in [5, 5.41) is 9.56. The minimum atomic E-state index is 0.443. The lowest BCUT2D eigenvalue weighted by molar-refractivity contribution is 0.469. The first-order valence-corrected chi connectivity index (χ1v) is 5.54. The van der Waals surface area contributed by atoms with E-state index in [-0.39, 0.29) is 0 Å². The highest BCUT2D eigenvalue weighted by molar-refractivity contribution is 5.49. The highest BCUT2D eigenvalue weighted by atomic mass is 16.3. The van der Waals surface area contributed by atoms with Crippen LogP contribution in [0.4, 0.5) is 0 Å². The van der Waals surface area contributed by atoms with Gasteiger partial charge in [-0.1, -0.05) is 0 Å². The smallest absolute Gasteiger partial charge is 0.116 e. The van der Waals surface area contributed by atoms with Crippen LogP contribution in [0.1, 0.15) is 42.4 Å². The molecule has 1 aromatic carbocycles. The lowest BCUT2D eigenvalue weighted by Gasteiger charge is -2.27. The number of fused-ring (bicyclic) bond motifs is 2. The Balaban J connectivity index is 2.22. The Hall–Kier alpha value is -0.980. The van der Waals surface area contributed by atoms with Crippen molar-refractivity contribution in [1.82, 2.24) is 0 Å². The molecule has 1 nitrogen and oxygen atoms in total. The number of rotatable bonds is 0. The zero-order valence-electron chi connectivity index (χ0n) is 8.64. The highest BCUT2D eigenvalue weighted by Crippen LogP contribution is 2.56. The predicted molar refractivity (Wildman–Crippen MR) is 56.7 cm³/mol. The molecule has 3 rings (SSSR count). The maximum Gasteiger partial charge on any atom is 0.116 e. The minimum Gasteiger partial charge on any atom is -0.508 e. The number of aromatic hydroxyl groups is 1. The summed E-state index contributed by atoms with van der Waals surface area (Å²) in [5.41, 5.74) is 4.82. The highest BCUT2D eigenvalue weighted by Gasteiger charge is 2.47. The number of phenolic OH excluding ortho intramolecular Hbond substituents is 1. The molecule has 0 radical (unpaired) electrons. The fourth-order valence-electron chi connectivity index (χ4n) is 3.19. The first-order valence-electron chi connectivity index (χ1n) is 5.54. The van der Waals surface area contributed by atoms with Crippen LogP contribution in [0.3, 0.4) is 0 Å². The summed E-state index contributed by atoms with van der Waals surface area (Å²) in [6.07, 6.45) is 6.56. The van der Waals surface area contributed by atoms with E-state index in [0.29, 0.717) is 11.2 Å². The van der Waals surface area contributed by atoms with Gasteiger partial charge in [0, 0.05) is 0 Å². The Morgan fingerprint density at radius 1 is 1.21 bits per heavy atom. The average Bonchev–Trinajstić information content (AvgIpc) is 2.84. The first kappa shape index (κ1) is 8.34. The molecule has 2 aliphatic carbocycles.